The van der Waals surface area contributed by atoms with E-state index in [1.54, 1.807) is 25.5 Å². The van der Waals surface area contributed by atoms with E-state index in [9.17, 15) is 4.79 Å². The maximum Gasteiger partial charge on any atom is 0.346 e. The average Bonchev–Trinajstić information content (AvgIpc) is 2.63. The summed E-state index contributed by atoms with van der Waals surface area (Å²) < 4.78 is 5.19. The molecule has 6 heteroatoms. The van der Waals surface area contributed by atoms with Gasteiger partial charge in [0.05, 0.1) is 22.7 Å². The van der Waals surface area contributed by atoms with Crippen molar-refractivity contribution in [1.82, 2.24) is 4.98 Å². The number of rotatable bonds is 5. The lowest BCUT2D eigenvalue weighted by atomic mass is 10.1. The van der Waals surface area contributed by atoms with Crippen LogP contribution in [0.25, 0.3) is 10.9 Å². The molecule has 0 fully saturated rings. The first-order chi connectivity index (χ1) is 12.1. The van der Waals surface area contributed by atoms with Gasteiger partial charge in [-0.2, -0.15) is 0 Å². The highest BCUT2D eigenvalue weighted by molar-refractivity contribution is 6.32. The fourth-order valence-electron chi connectivity index (χ4n) is 2.70. The smallest absolute Gasteiger partial charge is 0.346 e. The quantitative estimate of drug-likeness (QED) is 0.706. The summed E-state index contributed by atoms with van der Waals surface area (Å²) >= 11 is 6.22. The second-order valence-corrected chi connectivity index (χ2v) is 6.01. The van der Waals surface area contributed by atoms with Crippen LogP contribution in [-0.4, -0.2) is 17.6 Å². The van der Waals surface area contributed by atoms with Gasteiger partial charge >= 0.3 is 5.97 Å². The Bertz CT molecular complexity index is 913. The Morgan fingerprint density at radius 2 is 2.20 bits per heavy atom. The van der Waals surface area contributed by atoms with Crippen molar-refractivity contribution in [3.63, 3.8) is 0 Å². The average molecular weight is 357 g/mol. The van der Waals surface area contributed by atoms with Crippen molar-refractivity contribution in [2.24, 2.45) is 0 Å². The molecule has 0 spiro atoms. The number of pyridine rings is 2. The van der Waals surface area contributed by atoms with Gasteiger partial charge in [-0.25, -0.2) is 9.78 Å². The van der Waals surface area contributed by atoms with E-state index in [0.717, 1.165) is 27.7 Å². The fraction of sp³-hybridized carbons (Fsp3) is 0.211. The highest BCUT2D eigenvalue weighted by atomic mass is 35.5. The molecule has 0 saturated carbocycles. The maximum absolute atomic E-state index is 12.4. The number of aromatic amines is 1. The molecule has 2 heterocycles. The van der Waals surface area contributed by atoms with Gasteiger partial charge in [-0.05, 0) is 37.6 Å². The summed E-state index contributed by atoms with van der Waals surface area (Å²) in [4.78, 5) is 19.6. The molecule has 5 nitrogen and oxygen atoms in total. The van der Waals surface area contributed by atoms with E-state index in [1.165, 1.54) is 0 Å². The molecule has 2 N–H and O–H groups in total. The number of carbonyl (C=O) groups is 1. The van der Waals surface area contributed by atoms with Gasteiger partial charge in [-0.3, -0.25) is 4.98 Å². The molecule has 0 bridgehead atoms. The van der Waals surface area contributed by atoms with E-state index in [1.807, 2.05) is 31.2 Å². The van der Waals surface area contributed by atoms with Crippen LogP contribution < -0.4 is 10.3 Å². The summed E-state index contributed by atoms with van der Waals surface area (Å²) in [6.45, 7) is 4.59. The third-order valence-corrected chi connectivity index (χ3v) is 4.40. The first-order valence-corrected chi connectivity index (χ1v) is 8.43. The summed E-state index contributed by atoms with van der Waals surface area (Å²) in [7, 11) is 0. The number of esters is 1. The van der Waals surface area contributed by atoms with Crippen molar-refractivity contribution in [3.05, 3.63) is 64.6 Å². The first-order valence-electron chi connectivity index (χ1n) is 8.05. The maximum atomic E-state index is 12.4. The number of aryl methyl sites for hydroxylation is 1. The zero-order valence-corrected chi connectivity index (χ0v) is 14.9. The number of halogens is 1. The van der Waals surface area contributed by atoms with Gasteiger partial charge in [-0.15, -0.1) is 0 Å². The molecule has 128 valence electrons. The second-order valence-electron chi connectivity index (χ2n) is 5.61. The van der Waals surface area contributed by atoms with Crippen molar-refractivity contribution < 1.29 is 14.5 Å². The number of nitrogens with one attached hydrogen (secondary N) is 2. The number of aromatic nitrogens is 2. The van der Waals surface area contributed by atoms with Gasteiger partial charge in [0.15, 0.2) is 6.20 Å². The molecule has 3 rings (SSSR count). The molecule has 0 aliphatic carbocycles. The minimum atomic E-state index is -0.373. The van der Waals surface area contributed by atoms with E-state index in [4.69, 9.17) is 16.3 Å². The van der Waals surface area contributed by atoms with E-state index >= 15 is 0 Å². The van der Waals surface area contributed by atoms with Gasteiger partial charge in [0.2, 0.25) is 5.52 Å². The molecule has 0 unspecified atom stereocenters. The van der Waals surface area contributed by atoms with Crippen LogP contribution in [0.15, 0.2) is 42.9 Å². The summed E-state index contributed by atoms with van der Waals surface area (Å²) in [5, 5.41) is 4.91. The number of hydrogen-bond acceptors (Lipinski definition) is 4. The zero-order valence-electron chi connectivity index (χ0n) is 14.1. The monoisotopic (exact) mass is 356 g/mol. The first kappa shape index (κ1) is 17.2. The van der Waals surface area contributed by atoms with Crippen molar-refractivity contribution in [2.45, 2.75) is 20.4 Å². The van der Waals surface area contributed by atoms with Crippen molar-refractivity contribution in [2.75, 3.05) is 11.9 Å². The minimum Gasteiger partial charge on any atom is -0.462 e. The van der Waals surface area contributed by atoms with Gasteiger partial charge in [0.25, 0.3) is 0 Å². The number of benzene rings is 1. The van der Waals surface area contributed by atoms with Crippen LogP contribution in [0.2, 0.25) is 5.02 Å². The number of fused-ring (bicyclic) bond motifs is 1. The number of ether oxygens (including phenoxy) is 1. The lowest BCUT2D eigenvalue weighted by Gasteiger charge is -2.12. The molecular weight excluding hydrogens is 338 g/mol. The Hall–Kier alpha value is -2.66. The molecule has 0 aliphatic rings. The van der Waals surface area contributed by atoms with Crippen molar-refractivity contribution in [1.29, 1.82) is 0 Å². The van der Waals surface area contributed by atoms with Gasteiger partial charge < -0.3 is 10.1 Å². The standard InChI is InChI=1S/C19H18ClN3O2/c1-3-25-19(24)15-11-23-17-12(2)16(20)7-6-14(17)18(15)22-10-13-5-4-8-21-9-13/h4-9,11H,3,10H2,1-2H3,(H,22,23)/p+1. The largest absolute Gasteiger partial charge is 0.462 e. The molecule has 0 amide bonds. The van der Waals surface area contributed by atoms with Crippen LogP contribution in [0.3, 0.4) is 0 Å². The van der Waals surface area contributed by atoms with Crippen LogP contribution in [0.4, 0.5) is 5.69 Å². The number of carbonyl (C=O) groups excluding carboxylic acids is 1. The normalized spacial score (nSPS) is 10.7. The number of nitrogens with zero attached hydrogens (tertiary/aromatic N) is 1. The molecule has 1 aromatic carbocycles. The van der Waals surface area contributed by atoms with Gasteiger partial charge in [0.1, 0.15) is 5.56 Å². The second kappa shape index (κ2) is 7.49. The van der Waals surface area contributed by atoms with Crippen LogP contribution >= 0.6 is 11.6 Å². The van der Waals surface area contributed by atoms with Gasteiger partial charge in [-0.1, -0.05) is 17.7 Å². The predicted octanol–water partition coefficient (Wildman–Crippen LogP) is 3.80. The molecule has 0 aliphatic heterocycles. The Labute approximate surface area is 151 Å². The molecule has 0 atom stereocenters. The molecule has 3 aromatic rings. The van der Waals surface area contributed by atoms with Gasteiger partial charge in [0, 0.05) is 24.5 Å². The topological polar surface area (TPSA) is 65.4 Å². The fourth-order valence-corrected chi connectivity index (χ4v) is 2.85. The van der Waals surface area contributed by atoms with Crippen LogP contribution in [0.5, 0.6) is 0 Å². The minimum absolute atomic E-state index is 0.318. The van der Waals surface area contributed by atoms with E-state index in [2.05, 4.69) is 15.3 Å². The summed E-state index contributed by atoms with van der Waals surface area (Å²) in [5.74, 6) is -0.373. The van der Waals surface area contributed by atoms with E-state index < -0.39 is 0 Å². The Balaban J connectivity index is 2.08. The van der Waals surface area contributed by atoms with E-state index in [0.29, 0.717) is 23.7 Å². The zero-order chi connectivity index (χ0) is 17.8. The lowest BCUT2D eigenvalue weighted by Crippen LogP contribution is -2.17. The summed E-state index contributed by atoms with van der Waals surface area (Å²) in [5.41, 5.74) is 4.01. The van der Waals surface area contributed by atoms with Crippen LogP contribution in [0, 0.1) is 6.92 Å². The Morgan fingerprint density at radius 1 is 1.36 bits per heavy atom. The predicted molar refractivity (Wildman–Crippen MR) is 97.8 cm³/mol. The number of hydrogen-bond donors (Lipinski definition) is 1. The molecule has 0 radical (unpaired) electrons. The summed E-state index contributed by atoms with van der Waals surface area (Å²) in [6, 6.07) is 7.58. The highest BCUT2D eigenvalue weighted by Gasteiger charge is 2.21. The molecule has 25 heavy (non-hydrogen) atoms. The third-order valence-electron chi connectivity index (χ3n) is 3.99. The lowest BCUT2D eigenvalue weighted by molar-refractivity contribution is -0.345. The molecule has 2 aromatic heterocycles. The number of H-pyrrole nitrogens is 1. The number of anilines is 1. The Morgan fingerprint density at radius 3 is 2.92 bits per heavy atom. The SMILES string of the molecule is CCOC(=O)c1c[nH+]c2c(C)c(Cl)ccc2c1NCc1cccnc1. The third kappa shape index (κ3) is 3.56. The molecular formula is C19H19ClN3O2+. The van der Waals surface area contributed by atoms with Crippen molar-refractivity contribution >= 4 is 34.2 Å². The Kier molecular flexibility index (Phi) is 5.14. The van der Waals surface area contributed by atoms with Crippen LogP contribution in [0.1, 0.15) is 28.4 Å². The highest BCUT2D eigenvalue weighted by Crippen LogP contribution is 2.30. The van der Waals surface area contributed by atoms with Crippen molar-refractivity contribution in [3.8, 4) is 0 Å². The molecule has 0 saturated heterocycles. The summed E-state index contributed by atoms with van der Waals surface area (Å²) in [6.07, 6.45) is 5.18. The van der Waals surface area contributed by atoms with E-state index in [-0.39, 0.29) is 5.97 Å². The van der Waals surface area contributed by atoms with Crippen LogP contribution in [-0.2, 0) is 11.3 Å².